The van der Waals surface area contributed by atoms with Crippen molar-refractivity contribution >= 4 is 23.4 Å². The zero-order valence-electron chi connectivity index (χ0n) is 10.6. The first-order valence-corrected chi connectivity index (χ1v) is 5.62. The van der Waals surface area contributed by atoms with Gasteiger partial charge >= 0.3 is 6.03 Å². The standard InChI is InChI=1S/C12H11N3O.CH4N2O/c13-10-6-2-1-5-9(10)12(16)15-11-7-3-4-8-14-11;2-1(3)4/h1-8H,13H2,(H,14,15,16);(H4,2,3,4). The van der Waals surface area contributed by atoms with Crippen molar-refractivity contribution < 1.29 is 9.59 Å². The van der Waals surface area contributed by atoms with Gasteiger partial charge in [-0.05, 0) is 24.3 Å². The van der Waals surface area contributed by atoms with Crippen LogP contribution >= 0.6 is 0 Å². The van der Waals surface area contributed by atoms with Crippen LogP contribution in [0.2, 0.25) is 0 Å². The minimum Gasteiger partial charge on any atom is -0.398 e. The van der Waals surface area contributed by atoms with E-state index < -0.39 is 6.03 Å². The van der Waals surface area contributed by atoms with Crippen LogP contribution < -0.4 is 22.5 Å². The van der Waals surface area contributed by atoms with Crippen molar-refractivity contribution in [3.63, 3.8) is 0 Å². The predicted octanol–water partition coefficient (Wildman–Crippen LogP) is 0.940. The number of nitrogens with one attached hydrogen (secondary N) is 1. The zero-order chi connectivity index (χ0) is 15.0. The summed E-state index contributed by atoms with van der Waals surface area (Å²) in [6.07, 6.45) is 1.62. The van der Waals surface area contributed by atoms with Crippen LogP contribution in [0.15, 0.2) is 48.7 Å². The Balaban J connectivity index is 0.000000444. The van der Waals surface area contributed by atoms with E-state index in [0.717, 1.165) is 0 Å². The van der Waals surface area contributed by atoms with E-state index in [2.05, 4.69) is 21.8 Å². The maximum absolute atomic E-state index is 11.8. The molecule has 7 N–H and O–H groups in total. The Labute approximate surface area is 115 Å². The first kappa shape index (κ1) is 15.0. The Bertz CT molecular complexity index is 582. The van der Waals surface area contributed by atoms with Crippen LogP contribution in [0, 0.1) is 0 Å². The van der Waals surface area contributed by atoms with Crippen LogP contribution in [0.1, 0.15) is 10.4 Å². The van der Waals surface area contributed by atoms with E-state index in [-0.39, 0.29) is 5.91 Å². The van der Waals surface area contributed by atoms with Crippen molar-refractivity contribution in [2.75, 3.05) is 11.1 Å². The summed E-state index contributed by atoms with van der Waals surface area (Å²) >= 11 is 0. The number of hydrogen-bond donors (Lipinski definition) is 4. The molecule has 3 amide bonds. The molecule has 0 radical (unpaired) electrons. The van der Waals surface area contributed by atoms with Gasteiger partial charge in [-0.15, -0.1) is 0 Å². The third kappa shape index (κ3) is 5.05. The first-order chi connectivity index (χ1) is 9.50. The first-order valence-electron chi connectivity index (χ1n) is 5.62. The highest BCUT2D eigenvalue weighted by Crippen LogP contribution is 2.12. The SMILES string of the molecule is NC(N)=O.Nc1ccccc1C(=O)Nc1ccccn1. The molecule has 1 aromatic carbocycles. The summed E-state index contributed by atoms with van der Waals surface area (Å²) in [7, 11) is 0. The summed E-state index contributed by atoms with van der Waals surface area (Å²) in [6, 6.07) is 11.4. The molecule has 7 nitrogen and oxygen atoms in total. The van der Waals surface area contributed by atoms with Gasteiger partial charge in [-0.3, -0.25) is 4.79 Å². The lowest BCUT2D eigenvalue weighted by Gasteiger charge is -2.05. The highest BCUT2D eigenvalue weighted by atomic mass is 16.2. The minimum atomic E-state index is -0.833. The van der Waals surface area contributed by atoms with Gasteiger partial charge in [0.25, 0.3) is 5.91 Å². The molecule has 0 fully saturated rings. The van der Waals surface area contributed by atoms with Gasteiger partial charge in [0.05, 0.1) is 5.56 Å². The summed E-state index contributed by atoms with van der Waals surface area (Å²) < 4.78 is 0. The van der Waals surface area contributed by atoms with E-state index in [1.807, 2.05) is 0 Å². The van der Waals surface area contributed by atoms with E-state index in [9.17, 15) is 4.79 Å². The van der Waals surface area contributed by atoms with E-state index in [1.54, 1.807) is 48.7 Å². The van der Waals surface area contributed by atoms with Gasteiger partial charge < -0.3 is 22.5 Å². The van der Waals surface area contributed by atoms with Gasteiger partial charge in [-0.1, -0.05) is 18.2 Å². The molecular formula is C13H15N5O2. The molecule has 0 atom stereocenters. The number of aromatic nitrogens is 1. The number of nitrogens with two attached hydrogens (primary N) is 3. The number of benzene rings is 1. The number of para-hydroxylation sites is 1. The van der Waals surface area contributed by atoms with E-state index >= 15 is 0 Å². The fourth-order valence-corrected chi connectivity index (χ4v) is 1.32. The average molecular weight is 273 g/mol. The molecule has 104 valence electrons. The summed E-state index contributed by atoms with van der Waals surface area (Å²) in [5.74, 6) is 0.257. The summed E-state index contributed by atoms with van der Waals surface area (Å²) in [4.78, 5) is 24.8. The van der Waals surface area contributed by atoms with Crippen LogP contribution in [0.4, 0.5) is 16.3 Å². The molecule has 0 saturated carbocycles. The van der Waals surface area contributed by atoms with Crippen LogP contribution in [0.5, 0.6) is 0 Å². The second-order valence-electron chi connectivity index (χ2n) is 3.66. The van der Waals surface area contributed by atoms with Crippen molar-refractivity contribution in [2.45, 2.75) is 0 Å². The smallest absolute Gasteiger partial charge is 0.309 e. The van der Waals surface area contributed by atoms with Crippen molar-refractivity contribution in [1.29, 1.82) is 0 Å². The second-order valence-corrected chi connectivity index (χ2v) is 3.66. The maximum atomic E-state index is 11.8. The molecule has 2 rings (SSSR count). The molecule has 2 aromatic rings. The molecular weight excluding hydrogens is 258 g/mol. The Hall–Kier alpha value is -3.09. The molecule has 1 aromatic heterocycles. The van der Waals surface area contributed by atoms with E-state index in [0.29, 0.717) is 17.1 Å². The number of anilines is 2. The summed E-state index contributed by atoms with van der Waals surface area (Å²) in [5, 5.41) is 2.67. The Morgan fingerprint density at radius 3 is 2.15 bits per heavy atom. The highest BCUT2D eigenvalue weighted by Gasteiger charge is 2.08. The minimum absolute atomic E-state index is 0.253. The van der Waals surface area contributed by atoms with Gasteiger partial charge in [0.15, 0.2) is 0 Å². The fraction of sp³-hybridized carbons (Fsp3) is 0. The Morgan fingerprint density at radius 2 is 1.60 bits per heavy atom. The molecule has 1 heterocycles. The van der Waals surface area contributed by atoms with Crippen molar-refractivity contribution in [3.8, 4) is 0 Å². The van der Waals surface area contributed by atoms with Gasteiger partial charge in [-0.2, -0.15) is 0 Å². The lowest BCUT2D eigenvalue weighted by atomic mass is 10.1. The number of urea groups is 1. The average Bonchev–Trinajstić information content (AvgIpc) is 2.39. The largest absolute Gasteiger partial charge is 0.398 e. The molecule has 7 heteroatoms. The third-order valence-corrected chi connectivity index (χ3v) is 2.11. The topological polar surface area (TPSA) is 137 Å². The number of primary amides is 2. The van der Waals surface area contributed by atoms with Crippen molar-refractivity contribution in [2.24, 2.45) is 11.5 Å². The van der Waals surface area contributed by atoms with Gasteiger partial charge in [0, 0.05) is 11.9 Å². The number of nitrogens with zero attached hydrogens (tertiary/aromatic N) is 1. The Morgan fingerprint density at radius 1 is 1.00 bits per heavy atom. The monoisotopic (exact) mass is 273 g/mol. The van der Waals surface area contributed by atoms with E-state index in [4.69, 9.17) is 10.5 Å². The number of rotatable bonds is 2. The van der Waals surface area contributed by atoms with Crippen LogP contribution in [-0.2, 0) is 0 Å². The van der Waals surface area contributed by atoms with Crippen LogP contribution in [0.25, 0.3) is 0 Å². The normalized spacial score (nSPS) is 9.00. The number of carbonyl (C=O) groups is 2. The predicted molar refractivity (Wildman–Crippen MR) is 76.8 cm³/mol. The number of amides is 3. The van der Waals surface area contributed by atoms with Gasteiger partial charge in [0.2, 0.25) is 0 Å². The van der Waals surface area contributed by atoms with Gasteiger partial charge in [-0.25, -0.2) is 9.78 Å². The lowest BCUT2D eigenvalue weighted by molar-refractivity contribution is 0.102. The van der Waals surface area contributed by atoms with E-state index in [1.165, 1.54) is 0 Å². The fourth-order valence-electron chi connectivity index (χ4n) is 1.32. The molecule has 0 aliphatic heterocycles. The third-order valence-electron chi connectivity index (χ3n) is 2.11. The van der Waals surface area contributed by atoms with Crippen LogP contribution in [0.3, 0.4) is 0 Å². The number of hydrogen-bond acceptors (Lipinski definition) is 4. The van der Waals surface area contributed by atoms with Gasteiger partial charge in [0.1, 0.15) is 5.82 Å². The van der Waals surface area contributed by atoms with Crippen LogP contribution in [-0.4, -0.2) is 16.9 Å². The van der Waals surface area contributed by atoms with Crippen molar-refractivity contribution in [1.82, 2.24) is 4.98 Å². The number of nitrogen functional groups attached to an aromatic ring is 1. The Kier molecular flexibility index (Phi) is 5.51. The molecule has 0 bridgehead atoms. The number of pyridine rings is 1. The summed E-state index contributed by atoms with van der Waals surface area (Å²) in [6.45, 7) is 0. The molecule has 0 aliphatic rings. The molecule has 0 aliphatic carbocycles. The second kappa shape index (κ2) is 7.37. The van der Waals surface area contributed by atoms with Crippen molar-refractivity contribution in [3.05, 3.63) is 54.2 Å². The quantitative estimate of drug-likeness (QED) is 0.605. The number of carbonyl (C=O) groups excluding carboxylic acids is 2. The molecule has 20 heavy (non-hydrogen) atoms. The maximum Gasteiger partial charge on any atom is 0.309 e. The molecule has 0 saturated heterocycles. The molecule has 0 spiro atoms. The summed E-state index contributed by atoms with van der Waals surface area (Å²) in [5.41, 5.74) is 15.1. The molecule has 0 unspecified atom stereocenters. The highest BCUT2D eigenvalue weighted by molar-refractivity contribution is 6.07. The zero-order valence-corrected chi connectivity index (χ0v) is 10.6. The lowest BCUT2D eigenvalue weighted by Crippen LogP contribution is -2.18.